The smallest absolute Gasteiger partial charge is 0.0715 e. The van der Waals surface area contributed by atoms with Crippen LogP contribution in [0.15, 0.2) is 97.1 Å². The minimum atomic E-state index is -0.263. The zero-order valence-corrected chi connectivity index (χ0v) is 14.2. The molecule has 0 saturated carbocycles. The number of rotatable bonds is 0. The van der Waals surface area contributed by atoms with Crippen molar-refractivity contribution in [3.8, 4) is 11.1 Å². The van der Waals surface area contributed by atoms with Crippen molar-refractivity contribution in [3.05, 3.63) is 119 Å². The van der Waals surface area contributed by atoms with Gasteiger partial charge >= 0.3 is 0 Å². The molecule has 1 spiro atoms. The van der Waals surface area contributed by atoms with E-state index in [0.29, 0.717) is 0 Å². The highest BCUT2D eigenvalue weighted by Gasteiger charge is 2.46. The summed E-state index contributed by atoms with van der Waals surface area (Å²) in [5.74, 6) is 0. The van der Waals surface area contributed by atoms with Crippen LogP contribution in [0.3, 0.4) is 0 Å². The van der Waals surface area contributed by atoms with E-state index in [1.807, 2.05) is 0 Å². The summed E-state index contributed by atoms with van der Waals surface area (Å²) < 4.78 is 0. The highest BCUT2D eigenvalue weighted by molar-refractivity contribution is 5.87. The molecule has 122 valence electrons. The first-order valence-electron chi connectivity index (χ1n) is 9.05. The first kappa shape index (κ1) is 13.9. The van der Waals surface area contributed by atoms with Crippen molar-refractivity contribution in [2.24, 2.45) is 0 Å². The summed E-state index contributed by atoms with van der Waals surface area (Å²) in [4.78, 5) is 0. The zero-order chi connectivity index (χ0) is 17.1. The van der Waals surface area contributed by atoms with Crippen LogP contribution < -0.4 is 5.32 Å². The Labute approximate surface area is 153 Å². The predicted octanol–water partition coefficient (Wildman–Crippen LogP) is 6.11. The van der Waals surface area contributed by atoms with Gasteiger partial charge in [-0.3, -0.25) is 0 Å². The second-order valence-corrected chi connectivity index (χ2v) is 7.13. The number of anilines is 2. The van der Waals surface area contributed by atoms with Gasteiger partial charge in [0.05, 0.1) is 5.41 Å². The summed E-state index contributed by atoms with van der Waals surface area (Å²) in [5.41, 5.74) is 10.1. The molecule has 1 heterocycles. The molecule has 1 aliphatic heterocycles. The Balaban J connectivity index is 1.85. The molecule has 1 heteroatoms. The zero-order valence-electron chi connectivity index (χ0n) is 14.2. The largest absolute Gasteiger partial charge is 0.356 e. The molecule has 2 aliphatic rings. The molecule has 0 saturated heterocycles. The van der Waals surface area contributed by atoms with Crippen LogP contribution in [0.1, 0.15) is 22.3 Å². The SMILES string of the molecule is c1cc2cc(c1)C1(c3cccc(c3)N2)c2ccccc2-c2ccccc21. The summed E-state index contributed by atoms with van der Waals surface area (Å²) >= 11 is 0. The number of hydrogen-bond acceptors (Lipinski definition) is 1. The highest BCUT2D eigenvalue weighted by atomic mass is 14.9. The van der Waals surface area contributed by atoms with E-state index in [-0.39, 0.29) is 5.41 Å². The maximum Gasteiger partial charge on any atom is 0.0715 e. The van der Waals surface area contributed by atoms with E-state index in [2.05, 4.69) is 102 Å². The second kappa shape index (κ2) is 4.86. The molecule has 0 unspecified atom stereocenters. The Hall–Kier alpha value is -3.32. The fourth-order valence-corrected chi connectivity index (χ4v) is 4.85. The minimum Gasteiger partial charge on any atom is -0.356 e. The lowest BCUT2D eigenvalue weighted by Gasteiger charge is -2.35. The van der Waals surface area contributed by atoms with E-state index < -0.39 is 0 Å². The Morgan fingerprint density at radius 1 is 0.500 bits per heavy atom. The molecular formula is C25H17N. The molecule has 1 N–H and O–H groups in total. The van der Waals surface area contributed by atoms with E-state index in [1.54, 1.807) is 0 Å². The summed E-state index contributed by atoms with van der Waals surface area (Å²) in [6, 6.07) is 35.5. The van der Waals surface area contributed by atoms with Crippen LogP contribution in [0.2, 0.25) is 0 Å². The van der Waals surface area contributed by atoms with Crippen molar-refractivity contribution in [3.63, 3.8) is 0 Å². The van der Waals surface area contributed by atoms with Crippen molar-refractivity contribution in [1.82, 2.24) is 0 Å². The summed E-state index contributed by atoms with van der Waals surface area (Å²) in [7, 11) is 0. The third-order valence-electron chi connectivity index (χ3n) is 5.83. The summed E-state index contributed by atoms with van der Waals surface area (Å²) in [5, 5.41) is 3.54. The highest BCUT2D eigenvalue weighted by Crippen LogP contribution is 2.56. The monoisotopic (exact) mass is 331 g/mol. The third-order valence-corrected chi connectivity index (χ3v) is 5.83. The number of benzene rings is 4. The van der Waals surface area contributed by atoms with Gasteiger partial charge in [0.2, 0.25) is 0 Å². The molecule has 26 heavy (non-hydrogen) atoms. The first-order chi connectivity index (χ1) is 12.9. The third kappa shape index (κ3) is 1.60. The van der Waals surface area contributed by atoms with E-state index in [1.165, 1.54) is 33.4 Å². The van der Waals surface area contributed by atoms with Gasteiger partial charge in [-0.2, -0.15) is 0 Å². The molecule has 4 aromatic rings. The fraction of sp³-hybridized carbons (Fsp3) is 0.0400. The van der Waals surface area contributed by atoms with Crippen molar-refractivity contribution in [2.45, 2.75) is 5.41 Å². The fourth-order valence-electron chi connectivity index (χ4n) is 4.85. The summed E-state index contributed by atoms with van der Waals surface area (Å²) in [6.07, 6.45) is 0. The van der Waals surface area contributed by atoms with Crippen LogP contribution in [-0.2, 0) is 5.41 Å². The molecule has 4 bridgehead atoms. The number of nitrogens with one attached hydrogen (secondary N) is 1. The van der Waals surface area contributed by atoms with Gasteiger partial charge in [-0.1, -0.05) is 72.8 Å². The first-order valence-corrected chi connectivity index (χ1v) is 9.05. The molecule has 0 radical (unpaired) electrons. The standard InChI is InChI=1S/C25H17N/c1-3-13-23-21(11-1)22-12-2-4-14-24(22)25(23)17-7-5-9-19(15-17)26-20-10-6-8-18(25)16-20/h1-16,26H. The normalized spacial score (nSPS) is 14.8. The molecule has 0 fully saturated rings. The maximum absolute atomic E-state index is 3.54. The minimum absolute atomic E-state index is 0.263. The maximum atomic E-state index is 3.54. The molecule has 0 atom stereocenters. The van der Waals surface area contributed by atoms with Crippen molar-refractivity contribution >= 4 is 11.4 Å². The van der Waals surface area contributed by atoms with E-state index in [9.17, 15) is 0 Å². The molecule has 1 aliphatic carbocycles. The van der Waals surface area contributed by atoms with Crippen LogP contribution in [-0.4, -0.2) is 0 Å². The van der Waals surface area contributed by atoms with Crippen LogP contribution in [0.25, 0.3) is 11.1 Å². The van der Waals surface area contributed by atoms with Crippen molar-refractivity contribution in [1.29, 1.82) is 0 Å². The molecule has 6 rings (SSSR count). The van der Waals surface area contributed by atoms with Crippen LogP contribution in [0.4, 0.5) is 11.4 Å². The predicted molar refractivity (Wildman–Crippen MR) is 107 cm³/mol. The van der Waals surface area contributed by atoms with Gasteiger partial charge in [0.25, 0.3) is 0 Å². The van der Waals surface area contributed by atoms with E-state index >= 15 is 0 Å². The molecule has 4 aromatic carbocycles. The lowest BCUT2D eigenvalue weighted by molar-refractivity contribution is 0.767. The number of fused-ring (bicyclic) bond motifs is 11. The van der Waals surface area contributed by atoms with Crippen LogP contribution in [0.5, 0.6) is 0 Å². The Morgan fingerprint density at radius 3 is 1.54 bits per heavy atom. The Bertz CT molecular complexity index is 1080. The number of hydrogen-bond donors (Lipinski definition) is 1. The quantitative estimate of drug-likeness (QED) is 0.354. The summed E-state index contributed by atoms with van der Waals surface area (Å²) in [6.45, 7) is 0. The lowest BCUT2D eigenvalue weighted by Crippen LogP contribution is -2.29. The molecule has 1 nitrogen and oxygen atoms in total. The van der Waals surface area contributed by atoms with Gasteiger partial charge in [-0.15, -0.1) is 0 Å². The van der Waals surface area contributed by atoms with Gasteiger partial charge in [0.1, 0.15) is 0 Å². The Kier molecular flexibility index (Phi) is 2.60. The lowest BCUT2D eigenvalue weighted by atomic mass is 9.67. The average molecular weight is 331 g/mol. The van der Waals surface area contributed by atoms with E-state index in [4.69, 9.17) is 0 Å². The topological polar surface area (TPSA) is 12.0 Å². The van der Waals surface area contributed by atoms with E-state index in [0.717, 1.165) is 11.4 Å². The van der Waals surface area contributed by atoms with Gasteiger partial charge in [0.15, 0.2) is 0 Å². The molecule has 0 amide bonds. The van der Waals surface area contributed by atoms with Crippen LogP contribution >= 0.6 is 0 Å². The molecular weight excluding hydrogens is 314 g/mol. The van der Waals surface area contributed by atoms with Gasteiger partial charge in [-0.05, 0) is 57.6 Å². The van der Waals surface area contributed by atoms with Gasteiger partial charge in [-0.25, -0.2) is 0 Å². The second-order valence-electron chi connectivity index (χ2n) is 7.13. The van der Waals surface area contributed by atoms with Gasteiger partial charge < -0.3 is 5.32 Å². The molecule has 0 aromatic heterocycles. The Morgan fingerprint density at radius 2 is 1.00 bits per heavy atom. The van der Waals surface area contributed by atoms with Gasteiger partial charge in [0, 0.05) is 11.4 Å². The van der Waals surface area contributed by atoms with Crippen LogP contribution in [0, 0.1) is 0 Å². The van der Waals surface area contributed by atoms with Crippen molar-refractivity contribution in [2.75, 3.05) is 5.32 Å². The average Bonchev–Trinajstić information content (AvgIpc) is 3.00. The van der Waals surface area contributed by atoms with Crippen molar-refractivity contribution < 1.29 is 0 Å².